The summed E-state index contributed by atoms with van der Waals surface area (Å²) in [4.78, 5) is 11.9. The number of nitrogens with one attached hydrogen (secondary N) is 2. The average Bonchev–Trinajstić information content (AvgIpc) is 3.22. The van der Waals surface area contributed by atoms with Crippen molar-refractivity contribution in [3.63, 3.8) is 0 Å². The highest BCUT2D eigenvalue weighted by atomic mass is 16.5. The van der Waals surface area contributed by atoms with Crippen LogP contribution in [0.5, 0.6) is 5.75 Å². The third-order valence-corrected chi connectivity index (χ3v) is 3.19. The molecule has 2 aromatic heterocycles. The molecule has 0 aliphatic carbocycles. The highest BCUT2D eigenvalue weighted by Crippen LogP contribution is 2.17. The quantitative estimate of drug-likeness (QED) is 0.739. The van der Waals surface area contributed by atoms with Gasteiger partial charge in [0.25, 0.3) is 5.89 Å². The molecule has 24 heavy (non-hydrogen) atoms. The number of anilines is 1. The molecule has 0 atom stereocenters. The Morgan fingerprint density at radius 1 is 1.25 bits per heavy atom. The lowest BCUT2D eigenvalue weighted by Gasteiger charge is -2.05. The van der Waals surface area contributed by atoms with Crippen molar-refractivity contribution in [1.82, 2.24) is 25.3 Å². The summed E-state index contributed by atoms with van der Waals surface area (Å²) in [6.45, 7) is 0.358. The summed E-state index contributed by atoms with van der Waals surface area (Å²) >= 11 is 0. The van der Waals surface area contributed by atoms with Crippen LogP contribution in [0.1, 0.15) is 5.56 Å². The number of hydrogen-bond acceptors (Lipinski definition) is 6. The van der Waals surface area contributed by atoms with E-state index < -0.39 is 6.03 Å². The van der Waals surface area contributed by atoms with Crippen molar-refractivity contribution in [3.8, 4) is 17.3 Å². The Bertz CT molecular complexity index is 824. The molecule has 0 saturated heterocycles. The average molecular weight is 328 g/mol. The van der Waals surface area contributed by atoms with Gasteiger partial charge in [-0.1, -0.05) is 17.2 Å². The number of carbonyl (C=O) groups is 1. The van der Waals surface area contributed by atoms with Gasteiger partial charge in [-0.3, -0.25) is 10.00 Å². The molecule has 2 N–H and O–H groups in total. The highest BCUT2D eigenvalue weighted by molar-refractivity contribution is 5.86. The molecular formula is C15H16N6O3. The van der Waals surface area contributed by atoms with Gasteiger partial charge in [0, 0.05) is 19.8 Å². The third-order valence-electron chi connectivity index (χ3n) is 3.19. The molecule has 9 nitrogen and oxygen atoms in total. The predicted octanol–water partition coefficient (Wildman–Crippen LogP) is 1.80. The van der Waals surface area contributed by atoms with E-state index in [-0.39, 0.29) is 11.9 Å². The number of aromatic nitrogens is 4. The van der Waals surface area contributed by atoms with E-state index in [2.05, 4.69) is 25.9 Å². The summed E-state index contributed by atoms with van der Waals surface area (Å²) in [6.07, 6.45) is 1.76. The second-order valence-electron chi connectivity index (χ2n) is 4.94. The first-order chi connectivity index (χ1) is 11.6. The second-order valence-corrected chi connectivity index (χ2v) is 4.94. The zero-order valence-electron chi connectivity index (χ0n) is 13.2. The number of urea groups is 1. The first kappa shape index (κ1) is 15.5. The van der Waals surface area contributed by atoms with E-state index in [1.165, 1.54) is 0 Å². The molecule has 0 aliphatic rings. The van der Waals surface area contributed by atoms with E-state index in [1.807, 2.05) is 24.3 Å². The van der Waals surface area contributed by atoms with E-state index in [0.29, 0.717) is 12.2 Å². The van der Waals surface area contributed by atoms with Gasteiger partial charge in [-0.25, -0.2) is 4.79 Å². The van der Waals surface area contributed by atoms with Crippen LogP contribution >= 0.6 is 0 Å². The third kappa shape index (κ3) is 3.69. The molecule has 124 valence electrons. The molecule has 0 radical (unpaired) electrons. The maximum atomic E-state index is 11.9. The van der Waals surface area contributed by atoms with E-state index >= 15 is 0 Å². The van der Waals surface area contributed by atoms with Gasteiger partial charge in [-0.2, -0.15) is 5.10 Å². The number of rotatable bonds is 5. The van der Waals surface area contributed by atoms with Gasteiger partial charge >= 0.3 is 12.0 Å². The highest BCUT2D eigenvalue weighted by Gasteiger charge is 2.12. The minimum Gasteiger partial charge on any atom is -0.497 e. The summed E-state index contributed by atoms with van der Waals surface area (Å²) in [5, 5.41) is 16.9. The van der Waals surface area contributed by atoms with Gasteiger partial charge in [0.05, 0.1) is 7.11 Å². The van der Waals surface area contributed by atoms with Crippen molar-refractivity contribution in [1.29, 1.82) is 0 Å². The lowest BCUT2D eigenvalue weighted by molar-refractivity contribution is 0.251. The molecule has 3 aromatic rings. The Balaban J connectivity index is 1.54. The summed E-state index contributed by atoms with van der Waals surface area (Å²) in [7, 11) is 3.38. The Hall–Kier alpha value is -3.36. The second kappa shape index (κ2) is 6.82. The number of methoxy groups -OCH3 is 1. The van der Waals surface area contributed by atoms with E-state index in [9.17, 15) is 4.79 Å². The molecular weight excluding hydrogens is 312 g/mol. The summed E-state index contributed by atoms with van der Waals surface area (Å²) in [5.41, 5.74) is 1.47. The van der Waals surface area contributed by atoms with Gasteiger partial charge in [0.2, 0.25) is 0 Å². The summed E-state index contributed by atoms with van der Waals surface area (Å²) in [6, 6.07) is 8.68. The summed E-state index contributed by atoms with van der Waals surface area (Å²) < 4.78 is 12.0. The lowest BCUT2D eigenvalue weighted by Crippen LogP contribution is -2.28. The van der Waals surface area contributed by atoms with E-state index in [0.717, 1.165) is 11.3 Å². The molecule has 0 unspecified atom stereocenters. The number of hydrogen-bond donors (Lipinski definition) is 2. The maximum Gasteiger partial charge on any atom is 0.324 e. The SMILES string of the molecule is COc1ccc(CNC(=O)Nc2nnc(-c3ccn(C)n3)o2)cc1. The standard InChI is InChI=1S/C15H16N6O3/c1-21-8-7-12(20-21)13-18-19-15(24-13)17-14(22)16-9-10-3-5-11(23-2)6-4-10/h3-8H,9H2,1-2H3,(H2,16,17,19,22). The van der Waals surface area contributed by atoms with Crippen LogP contribution in [0.25, 0.3) is 11.6 Å². The van der Waals surface area contributed by atoms with Gasteiger partial charge < -0.3 is 14.5 Å². The van der Waals surface area contributed by atoms with Crippen LogP contribution < -0.4 is 15.4 Å². The van der Waals surface area contributed by atoms with Gasteiger partial charge in [0.1, 0.15) is 11.4 Å². The van der Waals surface area contributed by atoms with Crippen LogP contribution in [0.15, 0.2) is 40.9 Å². The molecule has 0 bridgehead atoms. The lowest BCUT2D eigenvalue weighted by atomic mass is 10.2. The van der Waals surface area contributed by atoms with E-state index in [4.69, 9.17) is 9.15 Å². The smallest absolute Gasteiger partial charge is 0.324 e. The van der Waals surface area contributed by atoms with Gasteiger partial charge in [0.15, 0.2) is 0 Å². The zero-order chi connectivity index (χ0) is 16.9. The molecule has 0 fully saturated rings. The molecule has 1 aromatic carbocycles. The number of aryl methyl sites for hydroxylation is 1. The van der Waals surface area contributed by atoms with Crippen LogP contribution in [0.2, 0.25) is 0 Å². The minimum absolute atomic E-state index is 0.00267. The van der Waals surface area contributed by atoms with Crippen molar-refractivity contribution in [2.45, 2.75) is 6.54 Å². The van der Waals surface area contributed by atoms with E-state index in [1.54, 1.807) is 31.1 Å². The Labute approximate surface area is 137 Å². The Morgan fingerprint density at radius 2 is 2.04 bits per heavy atom. The van der Waals surface area contributed by atoms with Gasteiger partial charge in [-0.15, -0.1) is 5.10 Å². The predicted molar refractivity (Wildman–Crippen MR) is 85.4 cm³/mol. The molecule has 0 spiro atoms. The van der Waals surface area contributed by atoms with Gasteiger partial charge in [-0.05, 0) is 23.8 Å². The number of ether oxygens (including phenoxy) is 1. The molecule has 0 saturated carbocycles. The Morgan fingerprint density at radius 3 is 2.71 bits per heavy atom. The fourth-order valence-corrected chi connectivity index (χ4v) is 1.97. The molecule has 9 heteroatoms. The normalized spacial score (nSPS) is 10.4. The molecule has 3 rings (SSSR count). The van der Waals surface area contributed by atoms with Crippen molar-refractivity contribution < 1.29 is 13.9 Å². The number of benzene rings is 1. The van der Waals surface area contributed by atoms with Crippen LogP contribution in [0, 0.1) is 0 Å². The topological polar surface area (TPSA) is 107 Å². The first-order valence-electron chi connectivity index (χ1n) is 7.15. The zero-order valence-corrected chi connectivity index (χ0v) is 13.2. The fraction of sp³-hybridized carbons (Fsp3) is 0.200. The number of carbonyl (C=O) groups excluding carboxylic acids is 1. The van der Waals surface area contributed by atoms with Crippen molar-refractivity contribution in [2.24, 2.45) is 7.05 Å². The van der Waals surface area contributed by atoms with Crippen molar-refractivity contribution in [2.75, 3.05) is 12.4 Å². The molecule has 2 heterocycles. The first-order valence-corrected chi connectivity index (χ1v) is 7.15. The summed E-state index contributed by atoms with van der Waals surface area (Å²) in [5.74, 6) is 0.997. The monoisotopic (exact) mass is 328 g/mol. The number of amides is 2. The Kier molecular flexibility index (Phi) is 4.41. The minimum atomic E-state index is -0.443. The van der Waals surface area contributed by atoms with Crippen LogP contribution in [0.4, 0.5) is 10.8 Å². The number of nitrogens with zero attached hydrogens (tertiary/aromatic N) is 4. The van der Waals surface area contributed by atoms with Crippen LogP contribution in [-0.4, -0.2) is 33.1 Å². The van der Waals surface area contributed by atoms with Crippen LogP contribution in [-0.2, 0) is 13.6 Å². The van der Waals surface area contributed by atoms with Crippen LogP contribution in [0.3, 0.4) is 0 Å². The fourth-order valence-electron chi connectivity index (χ4n) is 1.97. The maximum absolute atomic E-state index is 11.9. The largest absolute Gasteiger partial charge is 0.497 e. The van der Waals surface area contributed by atoms with Crippen molar-refractivity contribution >= 4 is 12.0 Å². The molecule has 0 aliphatic heterocycles. The molecule has 2 amide bonds. The van der Waals surface area contributed by atoms with Crippen molar-refractivity contribution in [3.05, 3.63) is 42.1 Å².